The molecule has 0 bridgehead atoms. The van der Waals surface area contributed by atoms with Crippen molar-refractivity contribution in [2.45, 2.75) is 77.6 Å². The molecule has 3 heteroatoms. The molecule has 0 amide bonds. The standard InChI is InChI=1S/C17H35NO.ClH/c1-2-3-4-5-6-7-8-10-17-11-14-18(15-12-17)13-9-16-19;/h17,19H,2-16H2,1H3;1H. The number of hydrogen-bond acceptors (Lipinski definition) is 2. The van der Waals surface area contributed by atoms with Gasteiger partial charge in [-0.2, -0.15) is 0 Å². The number of halogens is 1. The van der Waals surface area contributed by atoms with Gasteiger partial charge in [0.05, 0.1) is 0 Å². The number of unbranched alkanes of at least 4 members (excludes halogenated alkanes) is 6. The van der Waals surface area contributed by atoms with Gasteiger partial charge in [0.2, 0.25) is 0 Å². The van der Waals surface area contributed by atoms with Gasteiger partial charge in [-0.05, 0) is 38.3 Å². The lowest BCUT2D eigenvalue weighted by atomic mass is 9.91. The third-order valence-electron chi connectivity index (χ3n) is 4.56. The quantitative estimate of drug-likeness (QED) is 0.562. The van der Waals surface area contributed by atoms with Gasteiger partial charge in [-0.15, -0.1) is 12.4 Å². The molecule has 1 fully saturated rings. The van der Waals surface area contributed by atoms with Crippen LogP contribution in [-0.2, 0) is 0 Å². The van der Waals surface area contributed by atoms with Gasteiger partial charge in [-0.1, -0.05) is 58.3 Å². The molecule has 0 unspecified atom stereocenters. The third-order valence-corrected chi connectivity index (χ3v) is 4.56. The molecule has 2 nitrogen and oxygen atoms in total. The van der Waals surface area contributed by atoms with Gasteiger partial charge < -0.3 is 10.0 Å². The van der Waals surface area contributed by atoms with Crippen LogP contribution in [0.15, 0.2) is 0 Å². The van der Waals surface area contributed by atoms with Gasteiger partial charge in [-0.25, -0.2) is 0 Å². The fourth-order valence-electron chi connectivity index (χ4n) is 3.18. The van der Waals surface area contributed by atoms with Crippen molar-refractivity contribution in [1.82, 2.24) is 4.90 Å². The summed E-state index contributed by atoms with van der Waals surface area (Å²) >= 11 is 0. The number of hydrogen-bond donors (Lipinski definition) is 1. The first kappa shape index (κ1) is 20.2. The van der Waals surface area contributed by atoms with Crippen LogP contribution in [0.4, 0.5) is 0 Å². The maximum Gasteiger partial charge on any atom is 0.0443 e. The van der Waals surface area contributed by atoms with Crippen molar-refractivity contribution < 1.29 is 5.11 Å². The summed E-state index contributed by atoms with van der Waals surface area (Å²) in [6.07, 6.45) is 15.2. The van der Waals surface area contributed by atoms with Gasteiger partial charge in [0.15, 0.2) is 0 Å². The molecule has 1 aliphatic heterocycles. The Morgan fingerprint density at radius 3 is 2.10 bits per heavy atom. The average molecular weight is 306 g/mol. The van der Waals surface area contributed by atoms with Crippen LogP contribution in [0.1, 0.15) is 77.6 Å². The van der Waals surface area contributed by atoms with Gasteiger partial charge in [0.1, 0.15) is 0 Å². The number of likely N-dealkylation sites (tertiary alicyclic amines) is 1. The number of aliphatic hydroxyl groups is 1. The summed E-state index contributed by atoms with van der Waals surface area (Å²) in [6, 6.07) is 0. The van der Waals surface area contributed by atoms with E-state index in [-0.39, 0.29) is 12.4 Å². The molecule has 0 aromatic carbocycles. The minimum Gasteiger partial charge on any atom is -0.396 e. The van der Waals surface area contributed by atoms with E-state index in [0.29, 0.717) is 6.61 Å². The highest BCUT2D eigenvalue weighted by Crippen LogP contribution is 2.23. The summed E-state index contributed by atoms with van der Waals surface area (Å²) in [6.45, 7) is 6.26. The largest absolute Gasteiger partial charge is 0.396 e. The second-order valence-electron chi connectivity index (χ2n) is 6.27. The summed E-state index contributed by atoms with van der Waals surface area (Å²) in [5.41, 5.74) is 0. The molecular formula is C17H36ClNO. The van der Waals surface area contributed by atoms with E-state index in [2.05, 4.69) is 11.8 Å². The van der Waals surface area contributed by atoms with Crippen LogP contribution < -0.4 is 0 Å². The molecule has 0 saturated carbocycles. The third kappa shape index (κ3) is 10.0. The summed E-state index contributed by atoms with van der Waals surface area (Å²) in [5.74, 6) is 0.987. The summed E-state index contributed by atoms with van der Waals surface area (Å²) in [5, 5.41) is 8.84. The van der Waals surface area contributed by atoms with Crippen LogP contribution >= 0.6 is 12.4 Å². The predicted octanol–water partition coefficient (Wildman–Crippen LogP) is 4.64. The zero-order valence-electron chi connectivity index (χ0n) is 13.5. The topological polar surface area (TPSA) is 23.5 Å². The van der Waals surface area contributed by atoms with Crippen molar-refractivity contribution in [3.63, 3.8) is 0 Å². The van der Waals surface area contributed by atoms with E-state index in [1.165, 1.54) is 77.3 Å². The Morgan fingerprint density at radius 2 is 1.50 bits per heavy atom. The highest BCUT2D eigenvalue weighted by molar-refractivity contribution is 5.85. The number of aliphatic hydroxyl groups excluding tert-OH is 1. The first-order chi connectivity index (χ1) is 9.36. The van der Waals surface area contributed by atoms with Crippen molar-refractivity contribution in [3.8, 4) is 0 Å². The van der Waals surface area contributed by atoms with Crippen molar-refractivity contribution in [2.75, 3.05) is 26.2 Å². The number of rotatable bonds is 11. The molecule has 122 valence electrons. The van der Waals surface area contributed by atoms with E-state index >= 15 is 0 Å². The van der Waals surface area contributed by atoms with Gasteiger partial charge in [-0.3, -0.25) is 0 Å². The monoisotopic (exact) mass is 305 g/mol. The van der Waals surface area contributed by atoms with Crippen molar-refractivity contribution in [2.24, 2.45) is 5.92 Å². The number of piperidine rings is 1. The molecule has 0 aromatic heterocycles. The van der Waals surface area contributed by atoms with Crippen molar-refractivity contribution in [1.29, 1.82) is 0 Å². The highest BCUT2D eigenvalue weighted by Gasteiger charge is 2.17. The smallest absolute Gasteiger partial charge is 0.0443 e. The van der Waals surface area contributed by atoms with E-state index in [1.807, 2.05) is 0 Å². The van der Waals surface area contributed by atoms with Crippen molar-refractivity contribution in [3.05, 3.63) is 0 Å². The van der Waals surface area contributed by atoms with E-state index in [1.54, 1.807) is 0 Å². The minimum atomic E-state index is 0. The maximum atomic E-state index is 8.84. The molecule has 1 saturated heterocycles. The van der Waals surface area contributed by atoms with E-state index in [9.17, 15) is 0 Å². The molecular weight excluding hydrogens is 270 g/mol. The fourth-order valence-corrected chi connectivity index (χ4v) is 3.18. The Bertz CT molecular complexity index is 193. The molecule has 0 spiro atoms. The normalized spacial score (nSPS) is 17.1. The lowest BCUT2D eigenvalue weighted by molar-refractivity contribution is 0.162. The van der Waals surface area contributed by atoms with Gasteiger partial charge >= 0.3 is 0 Å². The molecule has 1 aliphatic rings. The zero-order valence-corrected chi connectivity index (χ0v) is 14.3. The zero-order chi connectivity index (χ0) is 13.8. The Kier molecular flexibility index (Phi) is 14.3. The van der Waals surface area contributed by atoms with Crippen LogP contribution in [0.25, 0.3) is 0 Å². The van der Waals surface area contributed by atoms with Gasteiger partial charge in [0.25, 0.3) is 0 Å². The molecule has 0 aliphatic carbocycles. The predicted molar refractivity (Wildman–Crippen MR) is 90.7 cm³/mol. The Hall–Kier alpha value is 0.210. The second kappa shape index (κ2) is 14.2. The lowest BCUT2D eigenvalue weighted by Gasteiger charge is -2.31. The molecule has 1 N–H and O–H groups in total. The van der Waals surface area contributed by atoms with Crippen LogP contribution in [0.5, 0.6) is 0 Å². The molecule has 0 atom stereocenters. The van der Waals surface area contributed by atoms with Crippen LogP contribution in [0, 0.1) is 5.92 Å². The van der Waals surface area contributed by atoms with Crippen molar-refractivity contribution >= 4 is 12.4 Å². The molecule has 1 heterocycles. The molecule has 0 radical (unpaired) electrons. The fraction of sp³-hybridized carbons (Fsp3) is 1.00. The van der Waals surface area contributed by atoms with Crippen LogP contribution in [0.3, 0.4) is 0 Å². The van der Waals surface area contributed by atoms with E-state index in [4.69, 9.17) is 5.11 Å². The Balaban J connectivity index is 0.00000361. The molecule has 1 rings (SSSR count). The summed E-state index contributed by atoms with van der Waals surface area (Å²) in [4.78, 5) is 2.53. The summed E-state index contributed by atoms with van der Waals surface area (Å²) < 4.78 is 0. The molecule has 0 aromatic rings. The maximum absolute atomic E-state index is 8.84. The van der Waals surface area contributed by atoms with E-state index < -0.39 is 0 Å². The SMILES string of the molecule is CCCCCCCCCC1CCN(CCCO)CC1.Cl. The minimum absolute atomic E-state index is 0. The Morgan fingerprint density at radius 1 is 0.900 bits per heavy atom. The number of nitrogens with zero attached hydrogens (tertiary/aromatic N) is 1. The second-order valence-corrected chi connectivity index (χ2v) is 6.27. The highest BCUT2D eigenvalue weighted by atomic mass is 35.5. The van der Waals surface area contributed by atoms with Crippen LogP contribution in [-0.4, -0.2) is 36.2 Å². The Labute approximate surface area is 132 Å². The van der Waals surface area contributed by atoms with Crippen LogP contribution in [0.2, 0.25) is 0 Å². The lowest BCUT2D eigenvalue weighted by Crippen LogP contribution is -2.34. The first-order valence-corrected chi connectivity index (χ1v) is 8.70. The van der Waals surface area contributed by atoms with E-state index in [0.717, 1.165) is 18.9 Å². The average Bonchev–Trinajstić information content (AvgIpc) is 2.45. The molecule has 20 heavy (non-hydrogen) atoms. The van der Waals surface area contributed by atoms with Gasteiger partial charge in [0, 0.05) is 13.2 Å². The summed E-state index contributed by atoms with van der Waals surface area (Å²) in [7, 11) is 0. The first-order valence-electron chi connectivity index (χ1n) is 8.70.